The zero-order valence-electron chi connectivity index (χ0n) is 13.5. The lowest BCUT2D eigenvalue weighted by atomic mass is 10.00. The van der Waals surface area contributed by atoms with Crippen LogP contribution in [0.1, 0.15) is 31.2 Å². The van der Waals surface area contributed by atoms with Gasteiger partial charge in [-0.25, -0.2) is 4.68 Å². The number of anilines is 1. The number of rotatable bonds is 5. The number of hydrogen-bond acceptors (Lipinski definition) is 6. The number of tetrazole rings is 1. The number of aryl methyl sites for hydroxylation is 1. The number of nitrogens with one attached hydrogen (secondary N) is 2. The molecule has 0 unspecified atom stereocenters. The quantitative estimate of drug-likeness (QED) is 0.858. The van der Waals surface area contributed by atoms with E-state index in [0.717, 1.165) is 42.6 Å². The normalized spacial score (nSPS) is 15.7. The SMILES string of the molecule is Cc1ccc(NCC(=O)NC2(C#N)CCCC2)cc1-n1cnnn1. The largest absolute Gasteiger partial charge is 0.376 e. The van der Waals surface area contributed by atoms with Gasteiger partial charge in [-0.1, -0.05) is 6.07 Å². The molecule has 0 radical (unpaired) electrons. The highest BCUT2D eigenvalue weighted by molar-refractivity contribution is 5.82. The van der Waals surface area contributed by atoms with Crippen molar-refractivity contribution < 1.29 is 4.79 Å². The Morgan fingerprint density at radius 2 is 2.21 bits per heavy atom. The number of benzene rings is 1. The molecule has 8 nitrogen and oxygen atoms in total. The number of aromatic nitrogens is 4. The van der Waals surface area contributed by atoms with E-state index in [0.29, 0.717) is 0 Å². The highest BCUT2D eigenvalue weighted by Gasteiger charge is 2.35. The van der Waals surface area contributed by atoms with Gasteiger partial charge in [0.15, 0.2) is 0 Å². The fraction of sp³-hybridized carbons (Fsp3) is 0.438. The molecule has 1 saturated carbocycles. The van der Waals surface area contributed by atoms with Gasteiger partial charge in [0, 0.05) is 5.69 Å². The van der Waals surface area contributed by atoms with E-state index in [-0.39, 0.29) is 12.5 Å². The summed E-state index contributed by atoms with van der Waals surface area (Å²) in [5, 5.41) is 26.4. The second kappa shape index (κ2) is 6.66. The van der Waals surface area contributed by atoms with Gasteiger partial charge in [0.2, 0.25) is 5.91 Å². The maximum Gasteiger partial charge on any atom is 0.240 e. The predicted octanol–water partition coefficient (Wildman–Crippen LogP) is 1.34. The summed E-state index contributed by atoms with van der Waals surface area (Å²) in [6.45, 7) is 2.08. The first kappa shape index (κ1) is 15.9. The van der Waals surface area contributed by atoms with Gasteiger partial charge in [0.1, 0.15) is 11.9 Å². The van der Waals surface area contributed by atoms with Crippen LogP contribution in [0.25, 0.3) is 5.69 Å². The van der Waals surface area contributed by atoms with Gasteiger partial charge in [-0.2, -0.15) is 5.26 Å². The molecule has 1 aromatic heterocycles. The van der Waals surface area contributed by atoms with Crippen molar-refractivity contribution in [1.82, 2.24) is 25.5 Å². The van der Waals surface area contributed by atoms with Crippen LogP contribution in [0.3, 0.4) is 0 Å². The lowest BCUT2D eigenvalue weighted by Gasteiger charge is -2.22. The van der Waals surface area contributed by atoms with E-state index in [1.165, 1.54) is 6.33 Å². The molecule has 124 valence electrons. The molecule has 0 atom stereocenters. The summed E-state index contributed by atoms with van der Waals surface area (Å²) < 4.78 is 1.57. The number of amides is 1. The van der Waals surface area contributed by atoms with Gasteiger partial charge in [0.05, 0.1) is 18.3 Å². The molecule has 3 rings (SSSR count). The summed E-state index contributed by atoms with van der Waals surface area (Å²) in [4.78, 5) is 12.2. The zero-order chi connectivity index (χ0) is 17.0. The number of hydrogen-bond donors (Lipinski definition) is 2. The van der Waals surface area contributed by atoms with Crippen molar-refractivity contribution in [2.75, 3.05) is 11.9 Å². The van der Waals surface area contributed by atoms with Gasteiger partial charge in [-0.05, 0) is 60.7 Å². The number of nitriles is 1. The monoisotopic (exact) mass is 325 g/mol. The molecule has 0 saturated heterocycles. The van der Waals surface area contributed by atoms with E-state index >= 15 is 0 Å². The second-order valence-electron chi connectivity index (χ2n) is 6.06. The Morgan fingerprint density at radius 1 is 1.42 bits per heavy atom. The molecule has 1 amide bonds. The second-order valence-corrected chi connectivity index (χ2v) is 6.06. The minimum absolute atomic E-state index is 0.113. The highest BCUT2D eigenvalue weighted by Crippen LogP contribution is 2.28. The Kier molecular flexibility index (Phi) is 4.42. The van der Waals surface area contributed by atoms with Crippen LogP contribution in [0.4, 0.5) is 5.69 Å². The third-order valence-electron chi connectivity index (χ3n) is 4.31. The highest BCUT2D eigenvalue weighted by atomic mass is 16.2. The molecule has 0 spiro atoms. The molecular formula is C16H19N7O. The van der Waals surface area contributed by atoms with Crippen LogP contribution < -0.4 is 10.6 Å². The summed E-state index contributed by atoms with van der Waals surface area (Å²) in [5.74, 6) is -0.178. The third kappa shape index (κ3) is 3.35. The van der Waals surface area contributed by atoms with E-state index in [4.69, 9.17) is 0 Å². The average molecular weight is 325 g/mol. The molecule has 0 bridgehead atoms. The summed E-state index contributed by atoms with van der Waals surface area (Å²) >= 11 is 0. The van der Waals surface area contributed by atoms with Crippen molar-refractivity contribution in [3.05, 3.63) is 30.1 Å². The Hall–Kier alpha value is -2.95. The summed E-state index contributed by atoms with van der Waals surface area (Å²) in [7, 11) is 0. The van der Waals surface area contributed by atoms with Gasteiger partial charge in [0.25, 0.3) is 0 Å². The molecule has 0 aliphatic heterocycles. The maximum absolute atomic E-state index is 12.2. The molecule has 24 heavy (non-hydrogen) atoms. The molecule has 1 aliphatic carbocycles. The molecule has 1 heterocycles. The topological polar surface area (TPSA) is 109 Å². The van der Waals surface area contributed by atoms with E-state index < -0.39 is 5.54 Å². The Labute approximate surface area is 139 Å². The zero-order valence-corrected chi connectivity index (χ0v) is 13.5. The van der Waals surface area contributed by atoms with Gasteiger partial charge < -0.3 is 10.6 Å². The molecule has 1 fully saturated rings. The van der Waals surface area contributed by atoms with Crippen LogP contribution in [0.2, 0.25) is 0 Å². The summed E-state index contributed by atoms with van der Waals surface area (Å²) in [6, 6.07) is 7.97. The van der Waals surface area contributed by atoms with Crippen molar-refractivity contribution in [1.29, 1.82) is 5.26 Å². The minimum Gasteiger partial charge on any atom is -0.376 e. The summed E-state index contributed by atoms with van der Waals surface area (Å²) in [6.07, 6.45) is 4.94. The van der Waals surface area contributed by atoms with Crippen LogP contribution in [-0.4, -0.2) is 38.2 Å². The Balaban J connectivity index is 1.64. The lowest BCUT2D eigenvalue weighted by molar-refractivity contribution is -0.120. The summed E-state index contributed by atoms with van der Waals surface area (Å²) in [5.41, 5.74) is 1.96. The molecule has 1 aliphatic rings. The lowest BCUT2D eigenvalue weighted by Crippen LogP contribution is -2.47. The molecule has 1 aromatic carbocycles. The van der Waals surface area contributed by atoms with E-state index in [1.54, 1.807) is 4.68 Å². The minimum atomic E-state index is -0.691. The van der Waals surface area contributed by atoms with Gasteiger partial charge >= 0.3 is 0 Å². The maximum atomic E-state index is 12.2. The van der Waals surface area contributed by atoms with E-state index in [1.807, 2.05) is 25.1 Å². The van der Waals surface area contributed by atoms with Gasteiger partial charge in [-0.3, -0.25) is 4.79 Å². The first-order valence-electron chi connectivity index (χ1n) is 7.92. The van der Waals surface area contributed by atoms with Crippen molar-refractivity contribution >= 4 is 11.6 Å². The molecule has 2 N–H and O–H groups in total. The van der Waals surface area contributed by atoms with Crippen molar-refractivity contribution in [3.8, 4) is 11.8 Å². The first-order valence-corrected chi connectivity index (χ1v) is 7.92. The molecular weight excluding hydrogens is 306 g/mol. The predicted molar refractivity (Wildman–Crippen MR) is 87.3 cm³/mol. The number of carbonyl (C=O) groups excluding carboxylic acids is 1. The third-order valence-corrected chi connectivity index (χ3v) is 4.31. The Bertz CT molecular complexity index is 757. The smallest absolute Gasteiger partial charge is 0.240 e. The van der Waals surface area contributed by atoms with Crippen LogP contribution in [-0.2, 0) is 4.79 Å². The van der Waals surface area contributed by atoms with Crippen molar-refractivity contribution in [2.45, 2.75) is 38.1 Å². The average Bonchev–Trinajstić information content (AvgIpc) is 3.26. The number of carbonyl (C=O) groups is 1. The standard InChI is InChI=1S/C16H19N7O/c1-12-4-5-13(8-14(12)23-11-19-21-22-23)18-9-15(24)20-16(10-17)6-2-3-7-16/h4-5,8,11,18H,2-3,6-7,9H2,1H3,(H,20,24). The van der Waals surface area contributed by atoms with Crippen LogP contribution in [0, 0.1) is 18.3 Å². The van der Waals surface area contributed by atoms with E-state index in [9.17, 15) is 10.1 Å². The van der Waals surface area contributed by atoms with Crippen LogP contribution in [0.15, 0.2) is 24.5 Å². The van der Waals surface area contributed by atoms with Gasteiger partial charge in [-0.15, -0.1) is 5.10 Å². The fourth-order valence-electron chi connectivity index (χ4n) is 2.97. The van der Waals surface area contributed by atoms with Crippen molar-refractivity contribution in [2.24, 2.45) is 0 Å². The van der Waals surface area contributed by atoms with E-state index in [2.05, 4.69) is 32.2 Å². The van der Waals surface area contributed by atoms with Crippen LogP contribution >= 0.6 is 0 Å². The fourth-order valence-corrected chi connectivity index (χ4v) is 2.97. The molecule has 2 aromatic rings. The number of nitrogens with zero attached hydrogens (tertiary/aromatic N) is 5. The molecule has 8 heteroatoms. The Morgan fingerprint density at radius 3 is 2.88 bits per heavy atom. The van der Waals surface area contributed by atoms with Crippen LogP contribution in [0.5, 0.6) is 0 Å². The first-order chi connectivity index (χ1) is 11.6. The van der Waals surface area contributed by atoms with Crippen molar-refractivity contribution in [3.63, 3.8) is 0 Å².